The highest BCUT2D eigenvalue weighted by molar-refractivity contribution is 7.26. The van der Waals surface area contributed by atoms with Gasteiger partial charge in [0.15, 0.2) is 0 Å². The van der Waals surface area contributed by atoms with Gasteiger partial charge in [-0.3, -0.25) is 29.0 Å². The summed E-state index contributed by atoms with van der Waals surface area (Å²) in [6, 6.07) is 8.07. The molecule has 0 spiro atoms. The number of thiazole rings is 2. The highest BCUT2D eigenvalue weighted by Gasteiger charge is 2.46. The Morgan fingerprint density at radius 2 is 0.684 bits per heavy atom. The minimum atomic E-state index is -0.360. The van der Waals surface area contributed by atoms with E-state index in [1.54, 1.807) is 22.7 Å². The van der Waals surface area contributed by atoms with E-state index >= 15 is 19.2 Å². The molecule has 0 N–H and O–H groups in total. The number of carbonyl (C=O) groups excluding carboxylic acids is 4. The second-order valence-corrected chi connectivity index (χ2v) is 26.3. The van der Waals surface area contributed by atoms with Gasteiger partial charge in [0, 0.05) is 23.9 Å². The first-order valence-electron chi connectivity index (χ1n) is 30.4. The number of carbonyl (C=O) groups is 4. The standard InChI is InChI=1S/C64H88N4O4S4/c1-5-9-13-17-21-23-27-31-37-45(35-29-25-19-15-11-7-3)43-67-61(69)51-49-50-52(56-57(53(49)63(67)71)75-60(66-56)48-40-34-42-74-48)62(70)68(64(72)54(50)58-55(51)65-59(76-58)47-39-33-41-73-47)44-46(36-30-26-20-16-12-8-4)38-32-28-24-22-18-14-10-6-2/h33-34,39-42,45-46H,5-32,35-38,43-44H2,1-4H3. The topological polar surface area (TPSA) is 101 Å². The molecule has 2 aliphatic heterocycles. The van der Waals surface area contributed by atoms with Crippen molar-refractivity contribution in [2.45, 2.75) is 233 Å². The molecule has 2 atom stereocenters. The third kappa shape index (κ3) is 14.1. The predicted molar refractivity (Wildman–Crippen MR) is 325 cm³/mol. The molecule has 12 heteroatoms. The maximum Gasteiger partial charge on any atom is 0.263 e. The molecule has 6 heterocycles. The number of hydrogen-bond acceptors (Lipinski definition) is 10. The zero-order chi connectivity index (χ0) is 53.2. The summed E-state index contributed by atoms with van der Waals surface area (Å²) < 4.78 is 1.24. The monoisotopic (exact) mass is 1100 g/mol. The second kappa shape index (κ2) is 29.9. The van der Waals surface area contributed by atoms with Crippen LogP contribution in [0.4, 0.5) is 0 Å². The summed E-state index contributed by atoms with van der Waals surface area (Å²) in [4.78, 5) is 78.5. The summed E-state index contributed by atoms with van der Waals surface area (Å²) >= 11 is 6.03. The highest BCUT2D eigenvalue weighted by Crippen LogP contribution is 2.51. The first kappa shape index (κ1) is 58.3. The Balaban J connectivity index is 1.20. The normalized spacial score (nSPS) is 14.5. The number of nitrogens with zero attached hydrogens (tertiary/aromatic N) is 4. The molecular formula is C64H88N4O4S4. The number of hydrogen-bond donors (Lipinski definition) is 0. The number of thiophene rings is 2. The van der Waals surface area contributed by atoms with Gasteiger partial charge >= 0.3 is 0 Å². The third-order valence-corrected chi connectivity index (χ3v) is 20.7. The zero-order valence-electron chi connectivity index (χ0n) is 46.7. The minimum Gasteiger partial charge on any atom is -0.274 e. The van der Waals surface area contributed by atoms with Crippen molar-refractivity contribution in [3.8, 4) is 19.8 Å². The van der Waals surface area contributed by atoms with Crippen molar-refractivity contribution in [1.82, 2.24) is 19.8 Å². The van der Waals surface area contributed by atoms with Gasteiger partial charge in [-0.1, -0.05) is 220 Å². The van der Waals surface area contributed by atoms with Crippen LogP contribution < -0.4 is 0 Å². The van der Waals surface area contributed by atoms with Crippen molar-refractivity contribution in [1.29, 1.82) is 0 Å². The molecule has 2 unspecified atom stereocenters. The summed E-state index contributed by atoms with van der Waals surface area (Å²) in [5.74, 6) is -1.09. The van der Waals surface area contributed by atoms with Crippen molar-refractivity contribution >= 4 is 100 Å². The number of unbranched alkanes of at least 4 members (excludes halogenated alkanes) is 24. The van der Waals surface area contributed by atoms with Crippen LogP contribution in [0.3, 0.4) is 0 Å². The predicted octanol–water partition coefficient (Wildman–Crippen LogP) is 20.5. The SMILES string of the molecule is CCCCCCCCCCC(CCCCCCCC)CN1C(=O)c2c3nc(-c4cccs4)sc3c3c4c(c5nc(-c6cccs6)sc5c(c24)C1=O)C(=O)N(CC(CCCCCCCC)CCCCCCCCCC)C3=O. The second-order valence-electron chi connectivity index (χ2n) is 22.4. The minimum absolute atomic E-state index is 0.159. The molecule has 2 aromatic carbocycles. The lowest BCUT2D eigenvalue weighted by Gasteiger charge is -2.35. The summed E-state index contributed by atoms with van der Waals surface area (Å²) in [6.45, 7) is 9.69. The maximum atomic E-state index is 15.7. The van der Waals surface area contributed by atoms with Crippen molar-refractivity contribution in [2.75, 3.05) is 13.1 Å². The molecule has 6 aromatic rings. The fourth-order valence-electron chi connectivity index (χ4n) is 12.2. The van der Waals surface area contributed by atoms with Crippen LogP contribution in [-0.4, -0.2) is 56.5 Å². The smallest absolute Gasteiger partial charge is 0.263 e. The van der Waals surface area contributed by atoms with Gasteiger partial charge in [0.05, 0.1) is 52.4 Å². The van der Waals surface area contributed by atoms with Gasteiger partial charge in [-0.2, -0.15) is 0 Å². The summed E-state index contributed by atoms with van der Waals surface area (Å²) in [7, 11) is 0. The van der Waals surface area contributed by atoms with Crippen LogP contribution in [0.5, 0.6) is 0 Å². The van der Waals surface area contributed by atoms with Crippen LogP contribution in [0.1, 0.15) is 275 Å². The number of fused-ring (bicyclic) bond motifs is 6. The van der Waals surface area contributed by atoms with E-state index in [2.05, 4.69) is 27.7 Å². The number of benzene rings is 2. The van der Waals surface area contributed by atoms with Gasteiger partial charge in [-0.25, -0.2) is 9.97 Å². The van der Waals surface area contributed by atoms with Crippen LogP contribution in [0.15, 0.2) is 35.0 Å². The lowest BCUT2D eigenvalue weighted by atomic mass is 9.83. The van der Waals surface area contributed by atoms with Gasteiger partial charge < -0.3 is 0 Å². The zero-order valence-corrected chi connectivity index (χ0v) is 50.0. The molecule has 0 saturated carbocycles. The van der Waals surface area contributed by atoms with Crippen molar-refractivity contribution in [3.63, 3.8) is 0 Å². The van der Waals surface area contributed by atoms with Gasteiger partial charge in [0.25, 0.3) is 23.6 Å². The van der Waals surface area contributed by atoms with Crippen LogP contribution in [-0.2, 0) is 0 Å². The molecule has 4 aromatic heterocycles. The quantitative estimate of drug-likeness (QED) is 0.0283. The molecule has 0 aliphatic carbocycles. The van der Waals surface area contributed by atoms with Crippen LogP contribution in [0, 0.1) is 11.8 Å². The Kier molecular flexibility index (Phi) is 23.0. The average Bonchev–Trinajstić information content (AvgIpc) is 4.29. The van der Waals surface area contributed by atoms with Crippen molar-refractivity contribution in [2.24, 2.45) is 11.8 Å². The molecule has 76 heavy (non-hydrogen) atoms. The number of amides is 4. The Labute approximate surface area is 471 Å². The Hall–Kier alpha value is -3.84. The van der Waals surface area contributed by atoms with E-state index in [0.29, 0.717) is 66.5 Å². The Morgan fingerprint density at radius 3 is 0.974 bits per heavy atom. The maximum absolute atomic E-state index is 15.7. The van der Waals surface area contributed by atoms with E-state index in [9.17, 15) is 0 Å². The first-order chi connectivity index (χ1) is 37.3. The summed E-state index contributed by atoms with van der Waals surface area (Å²) in [6.07, 6.45) is 37.8. The molecular weight excluding hydrogens is 1020 g/mol. The number of imide groups is 2. The molecule has 0 saturated heterocycles. The Morgan fingerprint density at radius 1 is 0.395 bits per heavy atom. The Bertz CT molecular complexity index is 2510. The number of rotatable bonds is 38. The molecule has 412 valence electrons. The number of aromatic nitrogens is 2. The lowest BCUT2D eigenvalue weighted by molar-refractivity contribution is 0.0560. The lowest BCUT2D eigenvalue weighted by Crippen LogP contribution is -2.46. The molecule has 8 nitrogen and oxygen atoms in total. The van der Waals surface area contributed by atoms with Crippen LogP contribution in [0.2, 0.25) is 0 Å². The largest absolute Gasteiger partial charge is 0.274 e. The van der Waals surface area contributed by atoms with Gasteiger partial charge in [-0.15, -0.1) is 45.3 Å². The van der Waals surface area contributed by atoms with Crippen molar-refractivity contribution in [3.05, 3.63) is 57.3 Å². The molecule has 0 bridgehead atoms. The molecule has 4 amide bonds. The first-order valence-corrected chi connectivity index (χ1v) is 33.8. The molecule has 0 fully saturated rings. The van der Waals surface area contributed by atoms with Crippen LogP contribution in [0.25, 0.3) is 51.0 Å². The van der Waals surface area contributed by atoms with E-state index in [1.807, 2.05) is 35.0 Å². The fraction of sp³-hybridized carbons (Fsp3) is 0.625. The van der Waals surface area contributed by atoms with E-state index in [-0.39, 0.29) is 35.5 Å². The summed E-state index contributed by atoms with van der Waals surface area (Å²) in [5.41, 5.74) is 2.43. The summed E-state index contributed by atoms with van der Waals surface area (Å²) in [5, 5.41) is 6.35. The molecule has 8 rings (SSSR count). The molecule has 0 radical (unpaired) electrons. The third-order valence-electron chi connectivity index (χ3n) is 16.5. The van der Waals surface area contributed by atoms with E-state index in [1.165, 1.54) is 161 Å². The highest BCUT2D eigenvalue weighted by atomic mass is 32.1. The van der Waals surface area contributed by atoms with E-state index in [0.717, 1.165) is 96.8 Å². The van der Waals surface area contributed by atoms with Crippen LogP contribution >= 0.6 is 45.3 Å². The average molecular weight is 1110 g/mol. The van der Waals surface area contributed by atoms with Gasteiger partial charge in [0.1, 0.15) is 10.0 Å². The van der Waals surface area contributed by atoms with E-state index in [4.69, 9.17) is 9.97 Å². The van der Waals surface area contributed by atoms with Gasteiger partial charge in [-0.05, 0) is 60.4 Å². The fourth-order valence-corrected chi connectivity index (χ4v) is 16.0. The van der Waals surface area contributed by atoms with E-state index < -0.39 is 0 Å². The van der Waals surface area contributed by atoms with Gasteiger partial charge in [0.2, 0.25) is 0 Å². The van der Waals surface area contributed by atoms with Crippen molar-refractivity contribution < 1.29 is 19.2 Å². The molecule has 2 aliphatic rings.